The average Bonchev–Trinajstić information content (AvgIpc) is 3.08. The van der Waals surface area contributed by atoms with E-state index in [4.69, 9.17) is 9.47 Å². The number of aliphatic hydroxyl groups excluding tert-OH is 6. The molecule has 7 N–H and O–H groups in total. The highest BCUT2D eigenvalue weighted by Gasteiger charge is 2.44. The molecule has 1 heterocycles. The van der Waals surface area contributed by atoms with E-state index in [-0.39, 0.29) is 18.9 Å². The first-order valence-electron chi connectivity index (χ1n) is 18.4. The van der Waals surface area contributed by atoms with Crippen LogP contribution in [0.2, 0.25) is 0 Å². The van der Waals surface area contributed by atoms with Crippen molar-refractivity contribution in [2.75, 3.05) is 13.2 Å². The molecule has 0 radical (unpaired) electrons. The smallest absolute Gasteiger partial charge is 0.220 e. The quantitative estimate of drug-likeness (QED) is 0.0677. The van der Waals surface area contributed by atoms with E-state index in [0.717, 1.165) is 51.4 Å². The summed E-state index contributed by atoms with van der Waals surface area (Å²) in [6.07, 6.45) is 9.76. The first-order valence-corrected chi connectivity index (χ1v) is 18.4. The Bertz CT molecular complexity index is 905. The van der Waals surface area contributed by atoms with Crippen molar-refractivity contribution in [3.63, 3.8) is 0 Å². The predicted octanol–water partition coefficient (Wildman–Crippen LogP) is 4.29. The molecule has 0 aliphatic carbocycles. The molecular weight excluding hydrogens is 602 g/mol. The number of benzene rings is 1. The van der Waals surface area contributed by atoms with Gasteiger partial charge in [0.15, 0.2) is 6.29 Å². The van der Waals surface area contributed by atoms with Gasteiger partial charge in [-0.2, -0.15) is 0 Å². The molecule has 0 saturated carbocycles. The number of carbonyl (C=O) groups is 1. The molecule has 10 heteroatoms. The zero-order chi connectivity index (χ0) is 34.3. The maximum atomic E-state index is 12.9. The van der Waals surface area contributed by atoms with E-state index >= 15 is 0 Å². The van der Waals surface area contributed by atoms with E-state index in [1.807, 2.05) is 18.2 Å². The van der Waals surface area contributed by atoms with Crippen molar-refractivity contribution < 1.29 is 44.9 Å². The Kier molecular flexibility index (Phi) is 22.4. The van der Waals surface area contributed by atoms with Crippen LogP contribution in [0.5, 0.6) is 0 Å². The number of hydrogen-bond donors (Lipinski definition) is 7. The molecule has 1 aliphatic heterocycles. The van der Waals surface area contributed by atoms with Crippen LogP contribution in [0.15, 0.2) is 30.3 Å². The van der Waals surface area contributed by atoms with Gasteiger partial charge in [0, 0.05) is 6.42 Å². The number of unbranched alkanes of at least 4 members (excludes halogenated alkanes) is 14. The molecule has 2 rings (SSSR count). The van der Waals surface area contributed by atoms with E-state index in [9.17, 15) is 35.4 Å². The lowest BCUT2D eigenvalue weighted by Crippen LogP contribution is -2.60. The van der Waals surface area contributed by atoms with E-state index in [2.05, 4.69) is 24.4 Å². The van der Waals surface area contributed by atoms with E-state index in [0.29, 0.717) is 12.8 Å². The highest BCUT2D eigenvalue weighted by molar-refractivity contribution is 5.76. The zero-order valence-electron chi connectivity index (χ0n) is 28.8. The molecule has 1 aromatic carbocycles. The van der Waals surface area contributed by atoms with Crippen molar-refractivity contribution >= 4 is 5.91 Å². The Hall–Kier alpha value is -1.63. The first kappa shape index (κ1) is 41.5. The minimum absolute atomic E-state index is 0.253. The van der Waals surface area contributed by atoms with Crippen molar-refractivity contribution in [1.29, 1.82) is 0 Å². The molecule has 0 bridgehead atoms. The molecule has 0 unspecified atom stereocenters. The van der Waals surface area contributed by atoms with Crippen LogP contribution in [-0.2, 0) is 20.7 Å². The normalized spacial score (nSPS) is 23.3. The Morgan fingerprint density at radius 2 is 1.36 bits per heavy atom. The van der Waals surface area contributed by atoms with Crippen molar-refractivity contribution in [2.45, 2.75) is 178 Å². The molecule has 1 saturated heterocycles. The lowest BCUT2D eigenvalue weighted by molar-refractivity contribution is -0.303. The molecule has 1 aliphatic rings. The topological polar surface area (TPSA) is 169 Å². The van der Waals surface area contributed by atoms with Gasteiger partial charge in [0.1, 0.15) is 30.5 Å². The van der Waals surface area contributed by atoms with Crippen molar-refractivity contribution in [3.8, 4) is 0 Å². The number of hydrogen-bond acceptors (Lipinski definition) is 9. The van der Waals surface area contributed by atoms with Gasteiger partial charge < -0.3 is 45.4 Å². The SMILES string of the molecule is CCCCCCCCCCCCCC[C@@H](O)[C@@H](O)[C@H](CO[C@H]1O[C@H](CO)[C@H](O)[C@H](O)[C@H]1O)NC(=O)CCCCCCc1ccccc1. The number of aryl methyl sites for hydroxylation is 1. The van der Waals surface area contributed by atoms with Gasteiger partial charge in [-0.1, -0.05) is 127 Å². The van der Waals surface area contributed by atoms with E-state index < -0.39 is 55.6 Å². The predicted molar refractivity (Wildman–Crippen MR) is 183 cm³/mol. The highest BCUT2D eigenvalue weighted by Crippen LogP contribution is 2.23. The Labute approximate surface area is 282 Å². The molecule has 10 nitrogen and oxygen atoms in total. The van der Waals surface area contributed by atoms with Crippen molar-refractivity contribution in [3.05, 3.63) is 35.9 Å². The van der Waals surface area contributed by atoms with Gasteiger partial charge in [0.25, 0.3) is 0 Å². The van der Waals surface area contributed by atoms with Gasteiger partial charge in [-0.15, -0.1) is 0 Å². The van der Waals surface area contributed by atoms with Gasteiger partial charge in [0.05, 0.1) is 25.4 Å². The molecule has 0 aromatic heterocycles. The molecule has 1 amide bonds. The second-order valence-corrected chi connectivity index (χ2v) is 13.3. The fourth-order valence-corrected chi connectivity index (χ4v) is 6.15. The molecule has 1 fully saturated rings. The Morgan fingerprint density at radius 3 is 1.98 bits per heavy atom. The number of rotatable bonds is 27. The third-order valence-corrected chi connectivity index (χ3v) is 9.26. The third-order valence-electron chi connectivity index (χ3n) is 9.26. The molecule has 8 atom stereocenters. The second-order valence-electron chi connectivity index (χ2n) is 13.3. The number of ether oxygens (including phenoxy) is 2. The largest absolute Gasteiger partial charge is 0.394 e. The van der Waals surface area contributed by atoms with Gasteiger partial charge in [-0.05, 0) is 31.2 Å². The lowest BCUT2D eigenvalue weighted by Gasteiger charge is -2.40. The Morgan fingerprint density at radius 1 is 0.787 bits per heavy atom. The number of carbonyl (C=O) groups excluding carboxylic acids is 1. The highest BCUT2D eigenvalue weighted by atomic mass is 16.7. The maximum absolute atomic E-state index is 12.9. The number of aliphatic hydroxyl groups is 6. The van der Waals surface area contributed by atoms with Crippen LogP contribution in [0.25, 0.3) is 0 Å². The van der Waals surface area contributed by atoms with Crippen LogP contribution in [0.3, 0.4) is 0 Å². The summed E-state index contributed by atoms with van der Waals surface area (Å²) >= 11 is 0. The molecule has 1 aromatic rings. The maximum Gasteiger partial charge on any atom is 0.220 e. The minimum atomic E-state index is -1.61. The van der Waals surface area contributed by atoms with Crippen LogP contribution in [0, 0.1) is 0 Å². The van der Waals surface area contributed by atoms with Gasteiger partial charge in [-0.3, -0.25) is 4.79 Å². The fourth-order valence-electron chi connectivity index (χ4n) is 6.15. The monoisotopic (exact) mass is 667 g/mol. The summed E-state index contributed by atoms with van der Waals surface area (Å²) in [6.45, 7) is 1.31. The van der Waals surface area contributed by atoms with Gasteiger partial charge in [0.2, 0.25) is 5.91 Å². The van der Waals surface area contributed by atoms with E-state index in [1.54, 1.807) is 0 Å². The summed E-state index contributed by atoms with van der Waals surface area (Å²) in [5.74, 6) is -0.285. The molecule has 47 heavy (non-hydrogen) atoms. The summed E-state index contributed by atoms with van der Waals surface area (Å²) in [5.41, 5.74) is 1.29. The van der Waals surface area contributed by atoms with Crippen LogP contribution >= 0.6 is 0 Å². The number of amides is 1. The minimum Gasteiger partial charge on any atom is -0.394 e. The van der Waals surface area contributed by atoms with Crippen LogP contribution in [0.1, 0.15) is 128 Å². The lowest BCUT2D eigenvalue weighted by atomic mass is 9.98. The summed E-state index contributed by atoms with van der Waals surface area (Å²) < 4.78 is 11.1. The summed E-state index contributed by atoms with van der Waals surface area (Å²) in [6, 6.07) is 9.28. The summed E-state index contributed by atoms with van der Waals surface area (Å²) in [7, 11) is 0. The van der Waals surface area contributed by atoms with Gasteiger partial charge in [-0.25, -0.2) is 0 Å². The Balaban J connectivity index is 1.78. The van der Waals surface area contributed by atoms with Crippen molar-refractivity contribution in [1.82, 2.24) is 5.32 Å². The first-order chi connectivity index (χ1) is 22.8. The standard InChI is InChI=1S/C37H65NO9/c1-2-3-4-5-6-7-8-9-10-11-12-19-24-30(40)33(42)29(27-46-37-36(45)35(44)34(43)31(26-39)47-37)38-32(41)25-20-14-13-16-21-28-22-17-15-18-23-28/h15,17-18,22-23,29-31,33-37,39-40,42-45H,2-14,16,19-21,24-27H2,1H3,(H,38,41)/t29-,30+,31+,33-,34-,35-,36+,37-/m0/s1. The molecule has 0 spiro atoms. The average molecular weight is 668 g/mol. The summed E-state index contributed by atoms with van der Waals surface area (Å²) in [5, 5.41) is 64.7. The summed E-state index contributed by atoms with van der Waals surface area (Å²) in [4.78, 5) is 12.9. The van der Waals surface area contributed by atoms with Crippen LogP contribution in [0.4, 0.5) is 0 Å². The van der Waals surface area contributed by atoms with Crippen LogP contribution < -0.4 is 5.32 Å². The fraction of sp³-hybridized carbons (Fsp3) is 0.811. The van der Waals surface area contributed by atoms with Crippen LogP contribution in [-0.4, -0.2) is 98.7 Å². The van der Waals surface area contributed by atoms with Crippen molar-refractivity contribution in [2.24, 2.45) is 0 Å². The van der Waals surface area contributed by atoms with E-state index in [1.165, 1.54) is 56.9 Å². The zero-order valence-corrected chi connectivity index (χ0v) is 28.8. The van der Waals surface area contributed by atoms with Gasteiger partial charge >= 0.3 is 0 Å². The molecule has 272 valence electrons. The number of nitrogens with one attached hydrogen (secondary N) is 1. The second kappa shape index (κ2) is 25.4. The third kappa shape index (κ3) is 17.0. The molecular formula is C37H65NO9.